The standard InChI is InChI=1S/C15H17N5/c1-2-7-16-9-12-8-15(20-11-17-10-18-20)13-5-3-4-6-14(13)19-12/h3-6,8,10-11,16H,2,7,9H2,1H3. The van der Waals surface area contributed by atoms with Crippen LogP contribution in [0.5, 0.6) is 0 Å². The lowest BCUT2D eigenvalue weighted by molar-refractivity contribution is 0.665. The summed E-state index contributed by atoms with van der Waals surface area (Å²) in [6.07, 6.45) is 4.37. The van der Waals surface area contributed by atoms with Gasteiger partial charge in [0.1, 0.15) is 12.7 Å². The highest BCUT2D eigenvalue weighted by Crippen LogP contribution is 2.21. The second-order valence-electron chi connectivity index (χ2n) is 4.67. The molecular formula is C15H17N5. The van der Waals surface area contributed by atoms with Crippen molar-refractivity contribution in [2.45, 2.75) is 19.9 Å². The normalized spacial score (nSPS) is 11.1. The molecule has 0 bridgehead atoms. The predicted molar refractivity (Wildman–Crippen MR) is 78.7 cm³/mol. The van der Waals surface area contributed by atoms with Crippen LogP contribution < -0.4 is 5.32 Å². The minimum Gasteiger partial charge on any atom is -0.311 e. The molecule has 5 heteroatoms. The van der Waals surface area contributed by atoms with E-state index in [0.717, 1.165) is 41.8 Å². The Kier molecular flexibility index (Phi) is 3.69. The second-order valence-corrected chi connectivity index (χ2v) is 4.67. The molecule has 0 fully saturated rings. The van der Waals surface area contributed by atoms with Crippen LogP contribution in [0.25, 0.3) is 16.6 Å². The largest absolute Gasteiger partial charge is 0.311 e. The van der Waals surface area contributed by atoms with E-state index in [4.69, 9.17) is 4.98 Å². The van der Waals surface area contributed by atoms with Crippen molar-refractivity contribution in [1.29, 1.82) is 0 Å². The van der Waals surface area contributed by atoms with Gasteiger partial charge in [0.05, 0.1) is 16.9 Å². The van der Waals surface area contributed by atoms with Gasteiger partial charge in [-0.25, -0.2) is 9.67 Å². The van der Waals surface area contributed by atoms with Crippen LogP contribution in [0.15, 0.2) is 43.0 Å². The second kappa shape index (κ2) is 5.79. The van der Waals surface area contributed by atoms with Crippen molar-refractivity contribution in [3.63, 3.8) is 0 Å². The van der Waals surface area contributed by atoms with Crippen LogP contribution in [0.1, 0.15) is 19.0 Å². The van der Waals surface area contributed by atoms with Crippen molar-refractivity contribution in [3.05, 3.63) is 48.7 Å². The van der Waals surface area contributed by atoms with E-state index in [1.165, 1.54) is 0 Å². The molecule has 1 N–H and O–H groups in total. The topological polar surface area (TPSA) is 55.6 Å². The van der Waals surface area contributed by atoms with Gasteiger partial charge in [-0.15, -0.1) is 0 Å². The molecule has 0 aliphatic carbocycles. The maximum absolute atomic E-state index is 4.69. The zero-order valence-electron chi connectivity index (χ0n) is 11.5. The van der Waals surface area contributed by atoms with Crippen molar-refractivity contribution in [2.75, 3.05) is 6.54 Å². The molecule has 2 heterocycles. The molecule has 102 valence electrons. The summed E-state index contributed by atoms with van der Waals surface area (Å²) in [5.41, 5.74) is 3.01. The van der Waals surface area contributed by atoms with Gasteiger partial charge in [-0.1, -0.05) is 25.1 Å². The van der Waals surface area contributed by atoms with Gasteiger partial charge in [0.2, 0.25) is 0 Å². The molecule has 1 aromatic carbocycles. The number of nitrogens with one attached hydrogen (secondary N) is 1. The monoisotopic (exact) mass is 267 g/mol. The van der Waals surface area contributed by atoms with Gasteiger partial charge in [-0.3, -0.25) is 4.98 Å². The van der Waals surface area contributed by atoms with Gasteiger partial charge in [0.25, 0.3) is 0 Å². The molecule has 0 amide bonds. The maximum Gasteiger partial charge on any atom is 0.138 e. The summed E-state index contributed by atoms with van der Waals surface area (Å²) >= 11 is 0. The first-order valence-electron chi connectivity index (χ1n) is 6.83. The summed E-state index contributed by atoms with van der Waals surface area (Å²) in [4.78, 5) is 8.72. The maximum atomic E-state index is 4.69. The number of pyridine rings is 1. The first kappa shape index (κ1) is 12.7. The van der Waals surface area contributed by atoms with E-state index in [2.05, 4.69) is 34.5 Å². The molecule has 5 nitrogen and oxygen atoms in total. The van der Waals surface area contributed by atoms with Gasteiger partial charge in [0, 0.05) is 11.9 Å². The molecule has 0 unspecified atom stereocenters. The third-order valence-electron chi connectivity index (χ3n) is 3.15. The highest BCUT2D eigenvalue weighted by molar-refractivity contribution is 5.87. The zero-order chi connectivity index (χ0) is 13.8. The average molecular weight is 267 g/mol. The van der Waals surface area contributed by atoms with E-state index in [1.54, 1.807) is 17.3 Å². The summed E-state index contributed by atoms with van der Waals surface area (Å²) < 4.78 is 1.79. The zero-order valence-corrected chi connectivity index (χ0v) is 11.5. The summed E-state index contributed by atoms with van der Waals surface area (Å²) in [6, 6.07) is 10.2. The number of benzene rings is 1. The Labute approximate surface area is 117 Å². The highest BCUT2D eigenvalue weighted by atomic mass is 15.3. The number of aromatic nitrogens is 4. The van der Waals surface area contributed by atoms with Gasteiger partial charge in [-0.05, 0) is 25.1 Å². The molecule has 20 heavy (non-hydrogen) atoms. The predicted octanol–water partition coefficient (Wildman–Crippen LogP) is 2.32. The summed E-state index contributed by atoms with van der Waals surface area (Å²) in [6.45, 7) is 3.91. The van der Waals surface area contributed by atoms with E-state index < -0.39 is 0 Å². The van der Waals surface area contributed by atoms with Crippen LogP contribution in [-0.4, -0.2) is 26.3 Å². The van der Waals surface area contributed by atoms with Crippen molar-refractivity contribution < 1.29 is 0 Å². The first-order valence-corrected chi connectivity index (χ1v) is 6.83. The number of rotatable bonds is 5. The molecule has 0 spiro atoms. The minimum atomic E-state index is 0.764. The van der Waals surface area contributed by atoms with Crippen molar-refractivity contribution >= 4 is 10.9 Å². The van der Waals surface area contributed by atoms with E-state index in [9.17, 15) is 0 Å². The van der Waals surface area contributed by atoms with Crippen LogP contribution in [-0.2, 0) is 6.54 Å². The average Bonchev–Trinajstić information content (AvgIpc) is 3.01. The Bertz CT molecular complexity index is 691. The highest BCUT2D eigenvalue weighted by Gasteiger charge is 2.07. The molecular weight excluding hydrogens is 250 g/mol. The van der Waals surface area contributed by atoms with E-state index in [1.807, 2.05) is 18.2 Å². The number of hydrogen-bond donors (Lipinski definition) is 1. The van der Waals surface area contributed by atoms with Crippen LogP contribution >= 0.6 is 0 Å². The Balaban J connectivity index is 2.06. The quantitative estimate of drug-likeness (QED) is 0.721. The molecule has 2 aromatic heterocycles. The number of para-hydroxylation sites is 1. The van der Waals surface area contributed by atoms with Crippen LogP contribution in [0.2, 0.25) is 0 Å². The Morgan fingerprint density at radius 1 is 1.25 bits per heavy atom. The number of nitrogens with zero attached hydrogens (tertiary/aromatic N) is 4. The lowest BCUT2D eigenvalue weighted by Crippen LogP contribution is -2.15. The van der Waals surface area contributed by atoms with Crippen molar-refractivity contribution in [3.8, 4) is 5.69 Å². The third kappa shape index (κ3) is 2.53. The summed E-state index contributed by atoms with van der Waals surface area (Å²) in [5.74, 6) is 0. The SMILES string of the molecule is CCCNCc1cc(-n2cncn2)c2ccccc2n1. The minimum absolute atomic E-state index is 0.764. The molecule has 3 rings (SSSR count). The molecule has 0 aliphatic heterocycles. The lowest BCUT2D eigenvalue weighted by Gasteiger charge is -2.09. The molecule has 0 saturated heterocycles. The fourth-order valence-electron chi connectivity index (χ4n) is 2.22. The van der Waals surface area contributed by atoms with Crippen molar-refractivity contribution in [2.24, 2.45) is 0 Å². The van der Waals surface area contributed by atoms with Gasteiger partial charge in [-0.2, -0.15) is 5.10 Å². The van der Waals surface area contributed by atoms with E-state index in [0.29, 0.717) is 0 Å². The fraction of sp³-hybridized carbons (Fsp3) is 0.267. The van der Waals surface area contributed by atoms with Crippen LogP contribution in [0.3, 0.4) is 0 Å². The lowest BCUT2D eigenvalue weighted by atomic mass is 10.1. The third-order valence-corrected chi connectivity index (χ3v) is 3.15. The van der Waals surface area contributed by atoms with Crippen LogP contribution in [0, 0.1) is 0 Å². The van der Waals surface area contributed by atoms with Gasteiger partial charge < -0.3 is 5.32 Å². The number of hydrogen-bond acceptors (Lipinski definition) is 4. The smallest absolute Gasteiger partial charge is 0.138 e. The summed E-state index contributed by atoms with van der Waals surface area (Å²) in [7, 11) is 0. The van der Waals surface area contributed by atoms with Gasteiger partial charge in [0.15, 0.2) is 0 Å². The molecule has 0 aliphatic rings. The Hall–Kier alpha value is -2.27. The molecule has 3 aromatic rings. The van der Waals surface area contributed by atoms with Gasteiger partial charge >= 0.3 is 0 Å². The van der Waals surface area contributed by atoms with E-state index >= 15 is 0 Å². The van der Waals surface area contributed by atoms with Crippen molar-refractivity contribution in [1.82, 2.24) is 25.1 Å². The Morgan fingerprint density at radius 2 is 2.15 bits per heavy atom. The molecule has 0 atom stereocenters. The molecule has 0 radical (unpaired) electrons. The first-order chi connectivity index (χ1) is 9.88. The number of fused-ring (bicyclic) bond motifs is 1. The molecule has 0 saturated carbocycles. The summed E-state index contributed by atoms with van der Waals surface area (Å²) in [5, 5.41) is 8.69. The van der Waals surface area contributed by atoms with E-state index in [-0.39, 0.29) is 0 Å². The fourth-order valence-corrected chi connectivity index (χ4v) is 2.22. The Morgan fingerprint density at radius 3 is 2.95 bits per heavy atom. The van der Waals surface area contributed by atoms with Crippen LogP contribution in [0.4, 0.5) is 0 Å².